The molecule has 1 aliphatic rings. The van der Waals surface area contributed by atoms with E-state index in [1.807, 2.05) is 72.8 Å². The zero-order valence-corrected chi connectivity index (χ0v) is 27.4. The summed E-state index contributed by atoms with van der Waals surface area (Å²) in [4.78, 5) is 18.5. The lowest BCUT2D eigenvalue weighted by atomic mass is 9.80. The molecule has 8 aromatic rings. The van der Waals surface area contributed by atoms with Crippen molar-refractivity contribution in [1.29, 1.82) is 5.26 Å². The number of hydrogen-bond acceptors (Lipinski definition) is 4. The van der Waals surface area contributed by atoms with Crippen LogP contribution in [0.2, 0.25) is 0 Å². The lowest BCUT2D eigenvalue weighted by molar-refractivity contribution is 0.666. The molecule has 0 fully saturated rings. The molecule has 50 heavy (non-hydrogen) atoms. The van der Waals surface area contributed by atoms with Gasteiger partial charge in [-0.15, -0.1) is 0 Å². The van der Waals surface area contributed by atoms with E-state index in [4.69, 9.17) is 21.5 Å². The monoisotopic (exact) mass is 640 g/mol. The molecule has 0 spiro atoms. The molecule has 1 aliphatic carbocycles. The number of para-hydroxylation sites is 1. The quantitative estimate of drug-likeness (QED) is 0.179. The van der Waals surface area contributed by atoms with Crippen molar-refractivity contribution in [2.45, 2.75) is 19.3 Å². The van der Waals surface area contributed by atoms with Crippen LogP contribution in [0.4, 0.5) is 5.69 Å². The Labute approximate surface area is 289 Å². The van der Waals surface area contributed by atoms with Crippen LogP contribution in [0, 0.1) is 17.9 Å². The van der Waals surface area contributed by atoms with Crippen molar-refractivity contribution in [2.75, 3.05) is 0 Å². The third-order valence-electron chi connectivity index (χ3n) is 9.89. The molecule has 0 unspecified atom stereocenters. The molecule has 2 heterocycles. The molecule has 0 atom stereocenters. The first-order chi connectivity index (χ1) is 24.5. The first-order valence-electron chi connectivity index (χ1n) is 16.5. The van der Waals surface area contributed by atoms with Crippen LogP contribution in [0.3, 0.4) is 0 Å². The number of hydrogen-bond donors (Lipinski definition) is 0. The van der Waals surface area contributed by atoms with Gasteiger partial charge in [-0.1, -0.05) is 123 Å². The Morgan fingerprint density at radius 1 is 0.640 bits per heavy atom. The fraction of sp³-hybridized carbons (Fsp3) is 0.0682. The Bertz CT molecular complexity index is 2690. The maximum absolute atomic E-state index is 10.7. The van der Waals surface area contributed by atoms with Gasteiger partial charge in [0.1, 0.15) is 6.07 Å². The Hall–Kier alpha value is -6.89. The van der Waals surface area contributed by atoms with Crippen molar-refractivity contribution < 1.29 is 0 Å². The van der Waals surface area contributed by atoms with E-state index < -0.39 is 0 Å². The Kier molecular flexibility index (Phi) is 6.49. The Morgan fingerprint density at radius 2 is 1.26 bits per heavy atom. The molecule has 6 heteroatoms. The second-order valence-electron chi connectivity index (χ2n) is 13.1. The number of fused-ring (bicyclic) bond motifs is 7. The highest BCUT2D eigenvalue weighted by molar-refractivity contribution is 6.14. The van der Waals surface area contributed by atoms with Gasteiger partial charge in [-0.05, 0) is 46.5 Å². The Morgan fingerprint density at radius 3 is 1.94 bits per heavy atom. The van der Waals surface area contributed by atoms with Gasteiger partial charge in [0.25, 0.3) is 0 Å². The molecule has 0 amide bonds. The van der Waals surface area contributed by atoms with Crippen LogP contribution in [0.15, 0.2) is 133 Å². The predicted molar refractivity (Wildman–Crippen MR) is 199 cm³/mol. The number of benzene rings is 6. The van der Waals surface area contributed by atoms with Gasteiger partial charge in [-0.25, -0.2) is 19.8 Å². The summed E-state index contributed by atoms with van der Waals surface area (Å²) >= 11 is 0. The van der Waals surface area contributed by atoms with E-state index in [-0.39, 0.29) is 5.41 Å². The lowest BCUT2D eigenvalue weighted by Gasteiger charge is -2.22. The van der Waals surface area contributed by atoms with Gasteiger partial charge in [0.15, 0.2) is 23.2 Å². The SMILES string of the molecule is [C-]#[N+]c1cc(-n2c3ccccc3c3c4c(ccc32)-c2ccccc2C4(C)C)c(C#N)cc1-c1nc(-c2ccccc2)nc(-c2ccccc2)n1. The zero-order chi connectivity index (χ0) is 34.0. The maximum atomic E-state index is 10.7. The van der Waals surface area contributed by atoms with E-state index in [1.165, 1.54) is 22.3 Å². The summed E-state index contributed by atoms with van der Waals surface area (Å²) in [5.41, 5.74) is 10.4. The number of nitrogens with zero attached hydrogens (tertiary/aromatic N) is 6. The van der Waals surface area contributed by atoms with E-state index in [2.05, 4.69) is 83.9 Å². The number of rotatable bonds is 4. The Balaban J connectivity index is 1.30. The largest absolute Gasteiger partial charge is 0.309 e. The normalized spacial score (nSPS) is 12.7. The fourth-order valence-corrected chi connectivity index (χ4v) is 7.64. The van der Waals surface area contributed by atoms with Gasteiger partial charge in [-0.3, -0.25) is 0 Å². The molecular weight excluding hydrogens is 613 g/mol. The third kappa shape index (κ3) is 4.29. The highest BCUT2D eigenvalue weighted by Crippen LogP contribution is 2.53. The van der Waals surface area contributed by atoms with E-state index >= 15 is 0 Å². The first kappa shape index (κ1) is 29.3. The molecule has 0 radical (unpaired) electrons. The molecule has 0 saturated heterocycles. The molecule has 0 aliphatic heterocycles. The predicted octanol–water partition coefficient (Wildman–Crippen LogP) is 10.7. The average molecular weight is 641 g/mol. The zero-order valence-electron chi connectivity index (χ0n) is 27.4. The first-order valence-corrected chi connectivity index (χ1v) is 16.5. The average Bonchev–Trinajstić information content (AvgIpc) is 3.63. The van der Waals surface area contributed by atoms with E-state index in [0.717, 1.165) is 32.9 Å². The van der Waals surface area contributed by atoms with Gasteiger partial charge in [0.05, 0.1) is 28.9 Å². The summed E-state index contributed by atoms with van der Waals surface area (Å²) in [5, 5.41) is 13.0. The highest BCUT2D eigenvalue weighted by Gasteiger charge is 2.38. The van der Waals surface area contributed by atoms with E-state index in [0.29, 0.717) is 40.0 Å². The van der Waals surface area contributed by atoms with E-state index in [9.17, 15) is 5.26 Å². The number of nitriles is 1. The molecule has 6 nitrogen and oxygen atoms in total. The molecule has 6 aromatic carbocycles. The van der Waals surface area contributed by atoms with Crippen LogP contribution in [0.1, 0.15) is 30.5 Å². The minimum Gasteiger partial charge on any atom is -0.309 e. The number of aromatic nitrogens is 4. The minimum atomic E-state index is -0.227. The molecular formula is C44H28N6. The topological polar surface area (TPSA) is 71.8 Å². The standard InChI is InChI=1S/C44H28N6/c1-44(2)34-20-12-10-18-30(34)31-22-23-37-39(40(31)44)32-19-11-13-21-36(32)50(37)38-25-35(46-3)33(24-29(38)26-45)43-48-41(27-14-6-4-7-15-27)47-42(49-43)28-16-8-5-9-17-28/h4-25H,1-2H3. The van der Waals surface area contributed by atoms with Crippen molar-refractivity contribution in [3.8, 4) is 57.0 Å². The molecule has 0 saturated carbocycles. The van der Waals surface area contributed by atoms with Crippen LogP contribution in [-0.4, -0.2) is 19.5 Å². The summed E-state index contributed by atoms with van der Waals surface area (Å²) in [6, 6.07) is 46.8. The van der Waals surface area contributed by atoms with Crippen LogP contribution < -0.4 is 0 Å². The third-order valence-corrected chi connectivity index (χ3v) is 9.89. The van der Waals surface area contributed by atoms with Crippen molar-refractivity contribution in [1.82, 2.24) is 19.5 Å². The molecule has 234 valence electrons. The van der Waals surface area contributed by atoms with Crippen LogP contribution in [0.5, 0.6) is 0 Å². The van der Waals surface area contributed by atoms with Gasteiger partial charge in [0.2, 0.25) is 0 Å². The summed E-state index contributed by atoms with van der Waals surface area (Å²) in [7, 11) is 0. The van der Waals surface area contributed by atoms with Crippen molar-refractivity contribution in [2.24, 2.45) is 0 Å². The second kappa shape index (κ2) is 11.1. The van der Waals surface area contributed by atoms with Crippen molar-refractivity contribution in [3.05, 3.63) is 162 Å². The van der Waals surface area contributed by atoms with Gasteiger partial charge in [0, 0.05) is 32.9 Å². The van der Waals surface area contributed by atoms with E-state index in [1.54, 1.807) is 6.07 Å². The summed E-state index contributed by atoms with van der Waals surface area (Å²) in [6.45, 7) is 12.9. The summed E-state index contributed by atoms with van der Waals surface area (Å²) in [6.07, 6.45) is 0. The minimum absolute atomic E-state index is 0.227. The smallest absolute Gasteiger partial charge is 0.200 e. The fourth-order valence-electron chi connectivity index (χ4n) is 7.64. The highest BCUT2D eigenvalue weighted by atomic mass is 15.0. The van der Waals surface area contributed by atoms with Crippen LogP contribution in [-0.2, 0) is 5.41 Å². The summed E-state index contributed by atoms with van der Waals surface area (Å²) < 4.78 is 2.14. The molecule has 0 N–H and O–H groups in total. The molecule has 9 rings (SSSR count). The van der Waals surface area contributed by atoms with Crippen molar-refractivity contribution in [3.63, 3.8) is 0 Å². The molecule has 2 aromatic heterocycles. The van der Waals surface area contributed by atoms with Gasteiger partial charge >= 0.3 is 0 Å². The maximum Gasteiger partial charge on any atom is 0.200 e. The van der Waals surface area contributed by atoms with Gasteiger partial charge < -0.3 is 4.57 Å². The lowest BCUT2D eigenvalue weighted by Crippen LogP contribution is -2.15. The second-order valence-corrected chi connectivity index (χ2v) is 13.1. The molecule has 0 bridgehead atoms. The van der Waals surface area contributed by atoms with Crippen LogP contribution >= 0.6 is 0 Å². The summed E-state index contributed by atoms with van der Waals surface area (Å²) in [5.74, 6) is 1.33. The van der Waals surface area contributed by atoms with Crippen molar-refractivity contribution >= 4 is 27.5 Å². The van der Waals surface area contributed by atoms with Crippen LogP contribution in [0.25, 0.3) is 77.6 Å². The van der Waals surface area contributed by atoms with Gasteiger partial charge in [-0.2, -0.15) is 5.26 Å².